The number of nitrogens with one attached hydrogen (secondary N) is 1. The van der Waals surface area contributed by atoms with Gasteiger partial charge in [0.1, 0.15) is 11.5 Å². The molecule has 0 aliphatic heterocycles. The van der Waals surface area contributed by atoms with E-state index < -0.39 is 4.92 Å². The molecule has 1 N–H and O–H groups in total. The van der Waals surface area contributed by atoms with Gasteiger partial charge < -0.3 is 14.5 Å². The van der Waals surface area contributed by atoms with Crippen molar-refractivity contribution in [2.45, 2.75) is 6.54 Å². The number of rotatable bonds is 7. The SMILES string of the molecule is COCCNCc1ccc(-c2ccc([N+](=O)[O-])cc2Br)o1. The summed E-state index contributed by atoms with van der Waals surface area (Å²) < 4.78 is 11.3. The molecule has 0 fully saturated rings. The molecule has 1 aromatic heterocycles. The number of benzene rings is 1. The Morgan fingerprint density at radius 3 is 2.86 bits per heavy atom. The first-order valence-corrected chi connectivity index (χ1v) is 7.14. The van der Waals surface area contributed by atoms with Crippen LogP contribution in [-0.2, 0) is 11.3 Å². The lowest BCUT2D eigenvalue weighted by atomic mass is 10.1. The van der Waals surface area contributed by atoms with Crippen molar-refractivity contribution in [3.8, 4) is 11.3 Å². The average Bonchev–Trinajstić information content (AvgIpc) is 2.92. The van der Waals surface area contributed by atoms with Gasteiger partial charge in [-0.05, 0) is 34.1 Å². The third-order valence-corrected chi connectivity index (χ3v) is 3.53. The van der Waals surface area contributed by atoms with Crippen LogP contribution in [0.4, 0.5) is 5.69 Å². The summed E-state index contributed by atoms with van der Waals surface area (Å²) in [5, 5.41) is 13.9. The van der Waals surface area contributed by atoms with Crippen molar-refractivity contribution < 1.29 is 14.1 Å². The fraction of sp³-hybridized carbons (Fsp3) is 0.286. The number of nitro benzene ring substituents is 1. The molecule has 0 radical (unpaired) electrons. The Kier molecular flexibility index (Phi) is 5.49. The van der Waals surface area contributed by atoms with Crippen molar-refractivity contribution in [1.82, 2.24) is 5.32 Å². The maximum atomic E-state index is 10.7. The molecule has 0 aliphatic rings. The largest absolute Gasteiger partial charge is 0.460 e. The normalized spacial score (nSPS) is 10.8. The van der Waals surface area contributed by atoms with Gasteiger partial charge in [-0.25, -0.2) is 0 Å². The van der Waals surface area contributed by atoms with Gasteiger partial charge in [0.25, 0.3) is 5.69 Å². The Balaban J connectivity index is 2.08. The van der Waals surface area contributed by atoms with E-state index in [0.717, 1.165) is 17.9 Å². The zero-order valence-corrected chi connectivity index (χ0v) is 13.1. The second-order valence-electron chi connectivity index (χ2n) is 4.36. The van der Waals surface area contributed by atoms with Crippen LogP contribution in [0.2, 0.25) is 0 Å². The van der Waals surface area contributed by atoms with Gasteiger partial charge in [0.2, 0.25) is 0 Å². The van der Waals surface area contributed by atoms with Crippen LogP contribution >= 0.6 is 15.9 Å². The Labute approximate surface area is 130 Å². The summed E-state index contributed by atoms with van der Waals surface area (Å²) in [6, 6.07) is 8.32. The fourth-order valence-electron chi connectivity index (χ4n) is 1.82. The molecule has 6 nitrogen and oxygen atoms in total. The fourth-order valence-corrected chi connectivity index (χ4v) is 2.38. The number of nitro groups is 1. The minimum Gasteiger partial charge on any atom is -0.460 e. The highest BCUT2D eigenvalue weighted by Crippen LogP contribution is 2.32. The van der Waals surface area contributed by atoms with Crippen molar-refractivity contribution >= 4 is 21.6 Å². The molecule has 0 aliphatic carbocycles. The smallest absolute Gasteiger partial charge is 0.270 e. The van der Waals surface area contributed by atoms with Gasteiger partial charge in [0.05, 0.1) is 18.1 Å². The van der Waals surface area contributed by atoms with Gasteiger partial charge in [-0.2, -0.15) is 0 Å². The molecule has 0 saturated heterocycles. The summed E-state index contributed by atoms with van der Waals surface area (Å²) in [6.45, 7) is 1.99. The van der Waals surface area contributed by atoms with Crippen molar-refractivity contribution in [3.05, 3.63) is 50.7 Å². The van der Waals surface area contributed by atoms with Crippen LogP contribution in [0.3, 0.4) is 0 Å². The molecule has 0 saturated carbocycles. The molecule has 0 atom stereocenters. The van der Waals surface area contributed by atoms with E-state index in [9.17, 15) is 10.1 Å². The third-order valence-electron chi connectivity index (χ3n) is 2.87. The second kappa shape index (κ2) is 7.35. The van der Waals surface area contributed by atoms with E-state index in [0.29, 0.717) is 23.4 Å². The summed E-state index contributed by atoms with van der Waals surface area (Å²) in [4.78, 5) is 10.3. The second-order valence-corrected chi connectivity index (χ2v) is 5.21. The first-order chi connectivity index (χ1) is 10.1. The van der Waals surface area contributed by atoms with Crippen LogP contribution < -0.4 is 5.32 Å². The topological polar surface area (TPSA) is 77.5 Å². The third kappa shape index (κ3) is 4.13. The number of furan rings is 1. The minimum atomic E-state index is -0.429. The van der Waals surface area contributed by atoms with Gasteiger partial charge in [-0.15, -0.1) is 0 Å². The first kappa shape index (κ1) is 15.7. The number of halogens is 1. The van der Waals surface area contributed by atoms with Crippen LogP contribution in [0.1, 0.15) is 5.76 Å². The van der Waals surface area contributed by atoms with E-state index >= 15 is 0 Å². The van der Waals surface area contributed by atoms with Gasteiger partial charge in [0, 0.05) is 35.8 Å². The van der Waals surface area contributed by atoms with Gasteiger partial charge >= 0.3 is 0 Å². The monoisotopic (exact) mass is 354 g/mol. The zero-order valence-electron chi connectivity index (χ0n) is 11.5. The molecule has 112 valence electrons. The summed E-state index contributed by atoms with van der Waals surface area (Å²) in [5.41, 5.74) is 0.822. The predicted octanol–water partition coefficient (Wildman–Crippen LogP) is 3.35. The molecule has 2 aromatic rings. The van der Waals surface area contributed by atoms with Crippen LogP contribution in [0.25, 0.3) is 11.3 Å². The molecular weight excluding hydrogens is 340 g/mol. The van der Waals surface area contributed by atoms with E-state index in [4.69, 9.17) is 9.15 Å². The Morgan fingerprint density at radius 1 is 1.38 bits per heavy atom. The van der Waals surface area contributed by atoms with Crippen molar-refractivity contribution in [2.24, 2.45) is 0 Å². The molecule has 0 unspecified atom stereocenters. The number of hydrogen-bond acceptors (Lipinski definition) is 5. The maximum absolute atomic E-state index is 10.7. The molecular formula is C14H15BrN2O4. The lowest BCUT2D eigenvalue weighted by molar-refractivity contribution is -0.384. The molecule has 21 heavy (non-hydrogen) atoms. The van der Waals surface area contributed by atoms with E-state index in [1.807, 2.05) is 12.1 Å². The maximum Gasteiger partial charge on any atom is 0.270 e. The quantitative estimate of drug-likeness (QED) is 0.468. The first-order valence-electron chi connectivity index (χ1n) is 6.34. The summed E-state index contributed by atoms with van der Waals surface area (Å²) in [6.07, 6.45) is 0. The average molecular weight is 355 g/mol. The highest BCUT2D eigenvalue weighted by atomic mass is 79.9. The zero-order chi connectivity index (χ0) is 15.2. The Bertz CT molecular complexity index is 627. The van der Waals surface area contributed by atoms with Crippen LogP contribution in [0.5, 0.6) is 0 Å². The van der Waals surface area contributed by atoms with Gasteiger partial charge in [0.15, 0.2) is 0 Å². The van der Waals surface area contributed by atoms with E-state index in [-0.39, 0.29) is 5.69 Å². The molecule has 0 spiro atoms. The Morgan fingerprint density at radius 2 is 2.19 bits per heavy atom. The number of non-ortho nitro benzene ring substituents is 1. The molecule has 0 bridgehead atoms. The number of hydrogen-bond donors (Lipinski definition) is 1. The van der Waals surface area contributed by atoms with Crippen LogP contribution in [0.15, 0.2) is 39.2 Å². The molecule has 7 heteroatoms. The minimum absolute atomic E-state index is 0.0404. The number of nitrogens with zero attached hydrogens (tertiary/aromatic N) is 1. The number of methoxy groups -OCH3 is 1. The lowest BCUT2D eigenvalue weighted by Gasteiger charge is -2.02. The van der Waals surface area contributed by atoms with E-state index in [1.54, 1.807) is 13.2 Å². The van der Waals surface area contributed by atoms with Gasteiger partial charge in [-0.3, -0.25) is 10.1 Å². The highest BCUT2D eigenvalue weighted by Gasteiger charge is 2.13. The van der Waals surface area contributed by atoms with Crippen molar-refractivity contribution in [1.29, 1.82) is 0 Å². The number of ether oxygens (including phenoxy) is 1. The summed E-state index contributed by atoms with van der Waals surface area (Å²) in [7, 11) is 1.65. The van der Waals surface area contributed by atoms with Gasteiger partial charge in [-0.1, -0.05) is 0 Å². The molecule has 1 aromatic carbocycles. The molecule has 0 amide bonds. The highest BCUT2D eigenvalue weighted by molar-refractivity contribution is 9.10. The van der Waals surface area contributed by atoms with Crippen LogP contribution in [-0.4, -0.2) is 25.2 Å². The standard InChI is InChI=1S/C14H15BrN2O4/c1-20-7-6-16-9-11-3-5-14(21-11)12-4-2-10(17(18)19)8-13(12)15/h2-5,8,16H,6-7,9H2,1H3. The van der Waals surface area contributed by atoms with Crippen molar-refractivity contribution in [3.63, 3.8) is 0 Å². The lowest BCUT2D eigenvalue weighted by Crippen LogP contribution is -2.18. The molecule has 2 rings (SSSR count). The molecule has 1 heterocycles. The summed E-state index contributed by atoms with van der Waals surface area (Å²) in [5.74, 6) is 1.46. The predicted molar refractivity (Wildman–Crippen MR) is 82.1 cm³/mol. The van der Waals surface area contributed by atoms with E-state index in [1.165, 1.54) is 12.1 Å². The Hall–Kier alpha value is -1.70. The summed E-state index contributed by atoms with van der Waals surface area (Å²) >= 11 is 3.34. The van der Waals surface area contributed by atoms with Crippen molar-refractivity contribution in [2.75, 3.05) is 20.3 Å². The van der Waals surface area contributed by atoms with Crippen LogP contribution in [0, 0.1) is 10.1 Å². The van der Waals surface area contributed by atoms with E-state index in [2.05, 4.69) is 21.2 Å².